The monoisotopic (exact) mass is 622 g/mol. The van der Waals surface area contributed by atoms with Gasteiger partial charge >= 0.3 is 0 Å². The van der Waals surface area contributed by atoms with Gasteiger partial charge in [0.05, 0.1) is 31.4 Å². The molecule has 1 spiro atoms. The van der Waals surface area contributed by atoms with E-state index in [1.54, 1.807) is 19.6 Å². The molecule has 1 N–H and O–H groups in total. The fourth-order valence-electron chi connectivity index (χ4n) is 7.19. The second-order valence-electron chi connectivity index (χ2n) is 12.7. The molecule has 4 aliphatic heterocycles. The second kappa shape index (κ2) is 12.0. The largest absolute Gasteiger partial charge is 0.395 e. The van der Waals surface area contributed by atoms with E-state index < -0.39 is 11.7 Å². The smallest absolute Gasteiger partial charge is 0.264 e. The van der Waals surface area contributed by atoms with Crippen LogP contribution in [0, 0.1) is 5.92 Å². The lowest BCUT2D eigenvalue weighted by Gasteiger charge is -2.32. The molecular formula is C36H38N4O6. The van der Waals surface area contributed by atoms with Gasteiger partial charge in [-0.15, -0.1) is 0 Å². The number of nitrogens with zero attached hydrogens (tertiary/aromatic N) is 4. The van der Waals surface area contributed by atoms with Crippen LogP contribution in [0.3, 0.4) is 0 Å². The van der Waals surface area contributed by atoms with Crippen molar-refractivity contribution in [2.75, 3.05) is 40.9 Å². The number of rotatable bonds is 10. The summed E-state index contributed by atoms with van der Waals surface area (Å²) in [5.41, 5.74) is 3.61. The maximum atomic E-state index is 14.6. The van der Waals surface area contributed by atoms with Crippen LogP contribution in [0.1, 0.15) is 49.3 Å². The lowest BCUT2D eigenvalue weighted by Crippen LogP contribution is -2.44. The van der Waals surface area contributed by atoms with Crippen molar-refractivity contribution in [1.82, 2.24) is 4.90 Å². The molecule has 10 nitrogen and oxygen atoms in total. The molecule has 0 aliphatic carbocycles. The molecule has 3 aromatic carbocycles. The number of β-lactam (4-membered cyclic amide) rings is 2. The van der Waals surface area contributed by atoms with Crippen LogP contribution in [0.25, 0.3) is 0 Å². The number of hydrogen-bond acceptors (Lipinski definition) is 6. The Morgan fingerprint density at radius 1 is 0.913 bits per heavy atom. The van der Waals surface area contributed by atoms with Crippen LogP contribution in [0.4, 0.5) is 17.1 Å². The summed E-state index contributed by atoms with van der Waals surface area (Å²) in [7, 11) is 0. The highest BCUT2D eigenvalue weighted by molar-refractivity contribution is 6.09. The highest BCUT2D eigenvalue weighted by Crippen LogP contribution is 2.55. The summed E-state index contributed by atoms with van der Waals surface area (Å²) in [5.74, 6) is -0.410. The number of benzene rings is 3. The first kappa shape index (κ1) is 30.1. The van der Waals surface area contributed by atoms with E-state index in [-0.39, 0.29) is 49.1 Å². The predicted molar refractivity (Wildman–Crippen MR) is 172 cm³/mol. The van der Waals surface area contributed by atoms with Crippen LogP contribution in [0.15, 0.2) is 72.8 Å². The Balaban J connectivity index is 1.16. The number of hydrogen-bond donors (Lipinski definition) is 1. The zero-order valence-corrected chi connectivity index (χ0v) is 25.9. The van der Waals surface area contributed by atoms with Crippen molar-refractivity contribution in [1.29, 1.82) is 0 Å². The number of fused-ring (bicyclic) bond motifs is 2. The summed E-state index contributed by atoms with van der Waals surface area (Å²) in [6.45, 7) is 4.07. The minimum Gasteiger partial charge on any atom is -0.395 e. The maximum absolute atomic E-state index is 14.6. The van der Waals surface area contributed by atoms with Crippen molar-refractivity contribution in [2.24, 2.45) is 5.92 Å². The Kier molecular flexibility index (Phi) is 7.86. The van der Waals surface area contributed by atoms with E-state index in [0.29, 0.717) is 45.4 Å². The molecular weight excluding hydrogens is 584 g/mol. The lowest BCUT2D eigenvalue weighted by molar-refractivity contribution is -0.150. The highest BCUT2D eigenvalue weighted by atomic mass is 16.5. The number of anilines is 3. The van der Waals surface area contributed by atoms with E-state index in [2.05, 4.69) is 0 Å². The summed E-state index contributed by atoms with van der Waals surface area (Å²) in [6.07, 6.45) is 1.15. The van der Waals surface area contributed by atoms with Crippen LogP contribution in [0.5, 0.6) is 0 Å². The Morgan fingerprint density at radius 3 is 2.22 bits per heavy atom. The first-order valence-corrected chi connectivity index (χ1v) is 16.0. The van der Waals surface area contributed by atoms with Crippen molar-refractivity contribution < 1.29 is 29.0 Å². The van der Waals surface area contributed by atoms with E-state index >= 15 is 0 Å². The molecule has 3 atom stereocenters. The van der Waals surface area contributed by atoms with Gasteiger partial charge in [-0.05, 0) is 47.9 Å². The van der Waals surface area contributed by atoms with E-state index in [0.717, 1.165) is 33.8 Å². The van der Waals surface area contributed by atoms with E-state index in [1.165, 1.54) is 0 Å². The minimum absolute atomic E-state index is 0.0437. The number of aliphatic hydroxyl groups is 1. The fraction of sp³-hybridized carbons (Fsp3) is 0.389. The molecule has 10 heteroatoms. The summed E-state index contributed by atoms with van der Waals surface area (Å²) in [5, 5.41) is 9.69. The molecule has 0 saturated carbocycles. The number of amides is 4. The molecule has 3 saturated heterocycles. The molecule has 4 amide bonds. The molecule has 46 heavy (non-hydrogen) atoms. The van der Waals surface area contributed by atoms with Gasteiger partial charge in [-0.2, -0.15) is 0 Å². The fourth-order valence-corrected chi connectivity index (χ4v) is 7.19. The molecule has 3 aromatic rings. The number of ether oxygens (including phenoxy) is 1. The van der Waals surface area contributed by atoms with E-state index in [9.17, 15) is 24.3 Å². The quantitative estimate of drug-likeness (QED) is 0.345. The van der Waals surface area contributed by atoms with Gasteiger partial charge in [-0.1, -0.05) is 49.4 Å². The van der Waals surface area contributed by atoms with Gasteiger partial charge in [0, 0.05) is 61.9 Å². The number of carbonyl (C=O) groups is 4. The Bertz CT molecular complexity index is 1680. The number of aliphatic hydroxyl groups excluding tert-OH is 1. The topological polar surface area (TPSA) is 111 Å². The average molecular weight is 623 g/mol. The first-order valence-electron chi connectivity index (χ1n) is 16.0. The first-order chi connectivity index (χ1) is 22.3. The Labute approximate surface area is 268 Å². The van der Waals surface area contributed by atoms with Crippen molar-refractivity contribution in [2.45, 2.75) is 57.4 Å². The van der Waals surface area contributed by atoms with Crippen molar-refractivity contribution in [3.63, 3.8) is 0 Å². The molecule has 0 unspecified atom stereocenters. The standard InChI is InChI=1S/C36H38N4O6/c1-24-19-29(21-34(44)37(17-18-41)22-25-5-3-2-4-6-25)46-36(24)30-20-28(39-16-14-33(39)43)11-12-31(30)40(35(36)45)23-26-7-9-27(10-8-26)38-15-13-32(38)42/h2-12,20,24,29,41H,13-19,21-23H2,1H3/t24-,29-,36+/m1/s1. The zero-order chi connectivity index (χ0) is 32.0. The second-order valence-corrected chi connectivity index (χ2v) is 12.7. The molecule has 0 bridgehead atoms. The minimum atomic E-state index is -1.30. The molecule has 0 radical (unpaired) electrons. The molecule has 4 aliphatic rings. The highest BCUT2D eigenvalue weighted by Gasteiger charge is 2.60. The maximum Gasteiger partial charge on any atom is 0.264 e. The van der Waals surface area contributed by atoms with Gasteiger partial charge in [0.25, 0.3) is 5.91 Å². The summed E-state index contributed by atoms with van der Waals surface area (Å²) < 4.78 is 6.73. The van der Waals surface area contributed by atoms with Crippen molar-refractivity contribution in [3.05, 3.63) is 89.5 Å². The van der Waals surface area contributed by atoms with Crippen LogP contribution in [0.2, 0.25) is 0 Å². The van der Waals surface area contributed by atoms with Gasteiger partial charge < -0.3 is 29.4 Å². The van der Waals surface area contributed by atoms with Crippen molar-refractivity contribution in [3.8, 4) is 0 Å². The van der Waals surface area contributed by atoms with Crippen LogP contribution >= 0.6 is 0 Å². The average Bonchev–Trinajstić information content (AvgIpc) is 3.49. The summed E-state index contributed by atoms with van der Waals surface area (Å²) in [4.78, 5) is 59.2. The Morgan fingerprint density at radius 2 is 1.59 bits per heavy atom. The van der Waals surface area contributed by atoms with Crippen LogP contribution in [-0.2, 0) is 42.6 Å². The van der Waals surface area contributed by atoms with Gasteiger partial charge in [0.2, 0.25) is 17.7 Å². The zero-order valence-electron chi connectivity index (χ0n) is 25.9. The third-order valence-corrected chi connectivity index (χ3v) is 9.84. The number of carbonyl (C=O) groups excluding carboxylic acids is 4. The molecule has 3 fully saturated rings. The molecule has 7 rings (SSSR count). The van der Waals surface area contributed by atoms with Gasteiger partial charge in [0.15, 0.2) is 5.60 Å². The van der Waals surface area contributed by atoms with Crippen LogP contribution < -0.4 is 14.7 Å². The van der Waals surface area contributed by atoms with E-state index in [4.69, 9.17) is 4.74 Å². The Hall–Kier alpha value is -4.54. The van der Waals surface area contributed by atoms with Gasteiger partial charge in [0.1, 0.15) is 0 Å². The molecule has 238 valence electrons. The normalized spacial score (nSPS) is 23.5. The summed E-state index contributed by atoms with van der Waals surface area (Å²) in [6, 6.07) is 23.0. The van der Waals surface area contributed by atoms with E-state index in [1.807, 2.05) is 79.7 Å². The third-order valence-electron chi connectivity index (χ3n) is 9.84. The predicted octanol–water partition coefficient (Wildman–Crippen LogP) is 3.74. The third kappa shape index (κ3) is 5.15. The molecule has 4 heterocycles. The lowest BCUT2D eigenvalue weighted by atomic mass is 9.82. The van der Waals surface area contributed by atoms with Gasteiger partial charge in [-0.3, -0.25) is 19.2 Å². The van der Waals surface area contributed by atoms with Crippen LogP contribution in [-0.4, -0.2) is 66.0 Å². The van der Waals surface area contributed by atoms with Crippen molar-refractivity contribution >= 4 is 40.7 Å². The van der Waals surface area contributed by atoms with Gasteiger partial charge in [-0.25, -0.2) is 0 Å². The summed E-state index contributed by atoms with van der Waals surface area (Å²) >= 11 is 0. The SMILES string of the molecule is C[C@@H]1C[C@H](CC(=O)N(CCO)Cc2ccccc2)O[C@@]12C(=O)N(Cc1ccc(N3CCC3=O)cc1)c1ccc(N3CCC3=O)cc12. The molecule has 0 aromatic heterocycles.